The minimum absolute atomic E-state index is 0.0206. The number of aliphatic carboxylic acids is 1. The number of benzene rings is 1. The minimum atomic E-state index is -0.902. The number of fused-ring (bicyclic) bond motifs is 1. The Kier molecular flexibility index (Phi) is 3.63. The van der Waals surface area contributed by atoms with Crippen LogP contribution in [0.25, 0.3) is 0 Å². The van der Waals surface area contributed by atoms with Crippen molar-refractivity contribution in [1.82, 2.24) is 4.90 Å². The molecular formula is C14H14FNO2. The quantitative estimate of drug-likeness (QED) is 0.825. The fourth-order valence-corrected chi connectivity index (χ4v) is 2.51. The van der Waals surface area contributed by atoms with Crippen molar-refractivity contribution in [1.29, 1.82) is 0 Å². The van der Waals surface area contributed by atoms with Crippen molar-refractivity contribution in [3.63, 3.8) is 0 Å². The molecule has 0 heterocycles. The summed E-state index contributed by atoms with van der Waals surface area (Å²) >= 11 is 0. The molecule has 4 heteroatoms. The fraction of sp³-hybridized carbons (Fsp3) is 0.357. The van der Waals surface area contributed by atoms with Gasteiger partial charge in [-0.2, -0.15) is 0 Å². The highest BCUT2D eigenvalue weighted by molar-refractivity contribution is 5.69. The van der Waals surface area contributed by atoms with Gasteiger partial charge in [0.15, 0.2) is 0 Å². The van der Waals surface area contributed by atoms with E-state index in [0.717, 1.165) is 24.0 Å². The van der Waals surface area contributed by atoms with E-state index < -0.39 is 5.97 Å². The highest BCUT2D eigenvalue weighted by Crippen LogP contribution is 2.35. The van der Waals surface area contributed by atoms with Crippen LogP contribution in [0.15, 0.2) is 18.2 Å². The number of terminal acetylenes is 1. The predicted octanol–water partition coefficient (Wildman–Crippen LogP) is 1.83. The molecule has 1 aromatic rings. The maximum Gasteiger partial charge on any atom is 0.317 e. The van der Waals surface area contributed by atoms with Gasteiger partial charge >= 0.3 is 5.97 Å². The van der Waals surface area contributed by atoms with Gasteiger partial charge in [0.05, 0.1) is 13.1 Å². The van der Waals surface area contributed by atoms with Gasteiger partial charge in [0, 0.05) is 6.04 Å². The molecule has 18 heavy (non-hydrogen) atoms. The lowest BCUT2D eigenvalue weighted by molar-refractivity contribution is -0.138. The van der Waals surface area contributed by atoms with E-state index in [2.05, 4.69) is 5.92 Å². The van der Waals surface area contributed by atoms with Crippen LogP contribution in [0, 0.1) is 18.2 Å². The molecule has 1 N–H and O–H groups in total. The average Bonchev–Trinajstić information content (AvgIpc) is 2.70. The molecule has 1 atom stereocenters. The Morgan fingerprint density at radius 2 is 2.39 bits per heavy atom. The maximum absolute atomic E-state index is 13.1. The van der Waals surface area contributed by atoms with Crippen molar-refractivity contribution < 1.29 is 14.3 Å². The van der Waals surface area contributed by atoms with E-state index in [1.54, 1.807) is 11.0 Å². The van der Waals surface area contributed by atoms with E-state index in [1.165, 1.54) is 12.1 Å². The Morgan fingerprint density at radius 3 is 3.06 bits per heavy atom. The Bertz CT molecular complexity index is 507. The van der Waals surface area contributed by atoms with Gasteiger partial charge in [0.25, 0.3) is 0 Å². The third kappa shape index (κ3) is 2.52. The van der Waals surface area contributed by atoms with Crippen LogP contribution >= 0.6 is 0 Å². The molecule has 1 aliphatic rings. The molecule has 0 amide bonds. The highest BCUT2D eigenvalue weighted by Gasteiger charge is 2.28. The van der Waals surface area contributed by atoms with Gasteiger partial charge in [0.2, 0.25) is 0 Å². The Balaban J connectivity index is 2.24. The van der Waals surface area contributed by atoms with Crippen LogP contribution in [0.4, 0.5) is 4.39 Å². The smallest absolute Gasteiger partial charge is 0.317 e. The first-order chi connectivity index (χ1) is 8.61. The first-order valence-corrected chi connectivity index (χ1v) is 5.79. The summed E-state index contributed by atoms with van der Waals surface area (Å²) in [5.74, 6) is 1.33. The van der Waals surface area contributed by atoms with E-state index >= 15 is 0 Å². The summed E-state index contributed by atoms with van der Waals surface area (Å²) in [5, 5.41) is 8.89. The molecule has 3 nitrogen and oxygen atoms in total. The molecule has 0 spiro atoms. The zero-order valence-corrected chi connectivity index (χ0v) is 9.90. The van der Waals surface area contributed by atoms with Crippen LogP contribution in [-0.4, -0.2) is 29.1 Å². The molecule has 0 fully saturated rings. The number of aryl methyl sites for hydroxylation is 1. The number of rotatable bonds is 4. The van der Waals surface area contributed by atoms with Gasteiger partial charge in [0.1, 0.15) is 5.82 Å². The molecule has 0 aromatic heterocycles. The molecule has 0 radical (unpaired) electrons. The molecule has 0 saturated carbocycles. The molecule has 1 aromatic carbocycles. The molecule has 0 bridgehead atoms. The third-order valence-electron chi connectivity index (χ3n) is 3.22. The van der Waals surface area contributed by atoms with Crippen molar-refractivity contribution in [3.8, 4) is 12.3 Å². The summed E-state index contributed by atoms with van der Waals surface area (Å²) < 4.78 is 13.1. The van der Waals surface area contributed by atoms with Crippen LogP contribution in [-0.2, 0) is 11.2 Å². The summed E-state index contributed by atoms with van der Waals surface area (Å²) in [6, 6.07) is 4.64. The van der Waals surface area contributed by atoms with Crippen LogP contribution in [0.1, 0.15) is 23.6 Å². The third-order valence-corrected chi connectivity index (χ3v) is 3.22. The lowest BCUT2D eigenvalue weighted by Crippen LogP contribution is -2.33. The molecule has 0 saturated heterocycles. The van der Waals surface area contributed by atoms with Gasteiger partial charge < -0.3 is 5.11 Å². The SMILES string of the molecule is C#CCN(CC(=O)O)C1CCc2cc(F)ccc21. The zero-order valence-electron chi connectivity index (χ0n) is 9.90. The zero-order chi connectivity index (χ0) is 13.1. The summed E-state index contributed by atoms with van der Waals surface area (Å²) in [6.07, 6.45) is 6.82. The van der Waals surface area contributed by atoms with Crippen molar-refractivity contribution in [2.24, 2.45) is 0 Å². The van der Waals surface area contributed by atoms with Crippen molar-refractivity contribution in [3.05, 3.63) is 35.1 Å². The summed E-state index contributed by atoms with van der Waals surface area (Å²) in [4.78, 5) is 12.6. The standard InChI is InChI=1S/C14H14FNO2/c1-2-7-16(9-14(17)18)13-6-3-10-8-11(15)4-5-12(10)13/h1,4-5,8,13H,3,6-7,9H2,(H,17,18). The van der Waals surface area contributed by atoms with Gasteiger partial charge in [-0.1, -0.05) is 12.0 Å². The van der Waals surface area contributed by atoms with E-state index in [0.29, 0.717) is 0 Å². The second-order valence-corrected chi connectivity index (χ2v) is 4.40. The van der Waals surface area contributed by atoms with Gasteiger partial charge in [-0.3, -0.25) is 9.69 Å². The number of hydrogen-bond acceptors (Lipinski definition) is 2. The fourth-order valence-electron chi connectivity index (χ4n) is 2.51. The lowest BCUT2D eigenvalue weighted by atomic mass is 10.1. The Labute approximate surface area is 105 Å². The number of halogens is 1. The molecular weight excluding hydrogens is 233 g/mol. The molecule has 1 aliphatic carbocycles. The first-order valence-electron chi connectivity index (χ1n) is 5.79. The number of hydrogen-bond donors (Lipinski definition) is 1. The molecule has 1 unspecified atom stereocenters. The van der Waals surface area contributed by atoms with E-state index in [4.69, 9.17) is 11.5 Å². The largest absolute Gasteiger partial charge is 0.480 e. The Morgan fingerprint density at radius 1 is 1.61 bits per heavy atom. The average molecular weight is 247 g/mol. The van der Waals surface area contributed by atoms with Crippen molar-refractivity contribution >= 4 is 5.97 Å². The number of carboxylic acid groups (broad SMARTS) is 1. The highest BCUT2D eigenvalue weighted by atomic mass is 19.1. The van der Waals surface area contributed by atoms with Gasteiger partial charge in [-0.25, -0.2) is 4.39 Å². The predicted molar refractivity (Wildman–Crippen MR) is 65.5 cm³/mol. The van der Waals surface area contributed by atoms with Crippen LogP contribution in [0.5, 0.6) is 0 Å². The number of carboxylic acids is 1. The molecule has 0 aliphatic heterocycles. The summed E-state index contributed by atoms with van der Waals surface area (Å²) in [6.45, 7) is 0.194. The van der Waals surface area contributed by atoms with Gasteiger partial charge in [-0.15, -0.1) is 6.42 Å². The molecule has 94 valence electrons. The Hall–Kier alpha value is -1.86. The normalized spacial score (nSPS) is 17.5. The summed E-state index contributed by atoms with van der Waals surface area (Å²) in [7, 11) is 0. The van der Waals surface area contributed by atoms with E-state index in [1.807, 2.05) is 0 Å². The van der Waals surface area contributed by atoms with Gasteiger partial charge in [-0.05, 0) is 36.1 Å². The topological polar surface area (TPSA) is 40.5 Å². The maximum atomic E-state index is 13.1. The van der Waals surface area contributed by atoms with E-state index in [-0.39, 0.29) is 24.9 Å². The summed E-state index contributed by atoms with van der Waals surface area (Å²) in [5.41, 5.74) is 1.94. The minimum Gasteiger partial charge on any atom is -0.480 e. The second kappa shape index (κ2) is 5.19. The second-order valence-electron chi connectivity index (χ2n) is 4.40. The van der Waals surface area contributed by atoms with Crippen molar-refractivity contribution in [2.45, 2.75) is 18.9 Å². The first kappa shape index (κ1) is 12.6. The van der Waals surface area contributed by atoms with Crippen molar-refractivity contribution in [2.75, 3.05) is 13.1 Å². The monoisotopic (exact) mass is 247 g/mol. The number of nitrogens with zero attached hydrogens (tertiary/aromatic N) is 1. The van der Waals surface area contributed by atoms with E-state index in [9.17, 15) is 9.18 Å². The lowest BCUT2D eigenvalue weighted by Gasteiger charge is -2.25. The van der Waals surface area contributed by atoms with Crippen LogP contribution in [0.3, 0.4) is 0 Å². The van der Waals surface area contributed by atoms with Crippen LogP contribution < -0.4 is 0 Å². The van der Waals surface area contributed by atoms with Crippen LogP contribution in [0.2, 0.25) is 0 Å². The molecule has 2 rings (SSSR count). The number of carbonyl (C=O) groups is 1.